The Morgan fingerprint density at radius 3 is 2.47 bits per heavy atom. The number of hydrogen-bond acceptors (Lipinski definition) is 6. The minimum Gasteiger partial charge on any atom is -0.396 e. The molecule has 1 rings (SSSR count). The van der Waals surface area contributed by atoms with E-state index in [2.05, 4.69) is 0 Å². The van der Waals surface area contributed by atoms with Gasteiger partial charge in [-0.3, -0.25) is 20.2 Å². The van der Waals surface area contributed by atoms with Crippen molar-refractivity contribution < 1.29 is 9.85 Å². The van der Waals surface area contributed by atoms with Crippen molar-refractivity contribution in [3.05, 3.63) is 43.3 Å². The van der Waals surface area contributed by atoms with Crippen LogP contribution in [0.25, 0.3) is 0 Å². The van der Waals surface area contributed by atoms with Crippen LogP contribution in [0, 0.1) is 20.2 Å². The highest BCUT2D eigenvalue weighted by atomic mass is 35.5. The number of halogens is 1. The van der Waals surface area contributed by atoms with Crippen molar-refractivity contribution in [3.8, 4) is 0 Å². The highest BCUT2D eigenvalue weighted by molar-refractivity contribution is 6.17. The maximum absolute atomic E-state index is 11.2. The third kappa shape index (κ3) is 2.69. The Morgan fingerprint density at radius 2 is 2.05 bits per heavy atom. The van der Waals surface area contributed by atoms with Gasteiger partial charge in [0.1, 0.15) is 0 Å². The van der Waals surface area contributed by atoms with Gasteiger partial charge in [0.25, 0.3) is 11.7 Å². The van der Waals surface area contributed by atoms with Gasteiger partial charge in [-0.05, 0) is 25.3 Å². The van der Waals surface area contributed by atoms with Crippen LogP contribution in [-0.2, 0) is 0 Å². The first kappa shape index (κ1) is 15.4. The first-order chi connectivity index (χ1) is 8.75. The summed E-state index contributed by atoms with van der Waals surface area (Å²) in [5.41, 5.74) is 9.76. The molecule has 0 aromatic carbocycles. The summed E-state index contributed by atoms with van der Waals surface area (Å²) in [7, 11) is 0. The first-order valence-electron chi connectivity index (χ1n) is 5.56. The maximum atomic E-state index is 11.2. The van der Waals surface area contributed by atoms with Crippen LogP contribution in [0.15, 0.2) is 23.0 Å². The molecule has 0 aromatic heterocycles. The molecule has 4 N–H and O–H groups in total. The fraction of sp³-hybridized carbons (Fsp3) is 0.600. The molecular weight excluding hydrogens is 276 g/mol. The molecule has 0 heterocycles. The third-order valence-corrected chi connectivity index (χ3v) is 3.47. The number of allylic oxidation sites excluding steroid dienone is 2. The van der Waals surface area contributed by atoms with Gasteiger partial charge in [-0.25, -0.2) is 0 Å². The number of nitrogens with zero attached hydrogens (tertiary/aromatic N) is 2. The fourth-order valence-corrected chi connectivity index (χ4v) is 2.34. The molecular formula is C10H15ClN4O4. The van der Waals surface area contributed by atoms with E-state index in [0.29, 0.717) is 12.0 Å². The summed E-state index contributed by atoms with van der Waals surface area (Å²) >= 11 is 5.54. The molecule has 0 aliphatic heterocycles. The lowest BCUT2D eigenvalue weighted by Gasteiger charge is -2.32. The van der Waals surface area contributed by atoms with Crippen LogP contribution < -0.4 is 11.5 Å². The van der Waals surface area contributed by atoms with Crippen molar-refractivity contribution in [2.24, 2.45) is 11.5 Å². The first-order valence-corrected chi connectivity index (χ1v) is 6.10. The Balaban J connectivity index is 3.38. The van der Waals surface area contributed by atoms with Crippen LogP contribution in [0.2, 0.25) is 0 Å². The van der Waals surface area contributed by atoms with Crippen molar-refractivity contribution >= 4 is 11.6 Å². The molecule has 9 heteroatoms. The Labute approximate surface area is 114 Å². The largest absolute Gasteiger partial charge is 0.396 e. The molecule has 0 saturated carbocycles. The van der Waals surface area contributed by atoms with Gasteiger partial charge in [-0.15, -0.1) is 11.6 Å². The molecule has 2 atom stereocenters. The summed E-state index contributed by atoms with van der Waals surface area (Å²) in [5.74, 6) is 0.205. The number of alkyl halides is 1. The summed E-state index contributed by atoms with van der Waals surface area (Å²) in [6.45, 7) is 1.48. The molecule has 0 saturated heterocycles. The van der Waals surface area contributed by atoms with E-state index in [1.54, 1.807) is 0 Å². The Kier molecular flexibility index (Phi) is 4.48. The Hall–Kier alpha value is -1.67. The second-order valence-electron chi connectivity index (χ2n) is 4.45. The maximum Gasteiger partial charge on any atom is 0.280 e. The van der Waals surface area contributed by atoms with Gasteiger partial charge in [0.15, 0.2) is 5.54 Å². The second-order valence-corrected chi connectivity index (χ2v) is 4.82. The van der Waals surface area contributed by atoms with Gasteiger partial charge in [0.2, 0.25) is 0 Å². The van der Waals surface area contributed by atoms with E-state index in [9.17, 15) is 20.2 Å². The van der Waals surface area contributed by atoms with Gasteiger partial charge in [0.05, 0.1) is 10.6 Å². The minimum atomic E-state index is -1.74. The molecule has 8 nitrogen and oxygen atoms in total. The predicted octanol–water partition coefficient (Wildman–Crippen LogP) is 0.755. The zero-order valence-corrected chi connectivity index (χ0v) is 11.1. The molecule has 0 amide bonds. The van der Waals surface area contributed by atoms with E-state index in [1.165, 1.54) is 13.0 Å². The van der Waals surface area contributed by atoms with Crippen molar-refractivity contribution in [1.82, 2.24) is 0 Å². The molecule has 0 radical (unpaired) electrons. The summed E-state index contributed by atoms with van der Waals surface area (Å²) < 4.78 is 0. The van der Waals surface area contributed by atoms with Crippen LogP contribution in [0.4, 0.5) is 0 Å². The van der Waals surface area contributed by atoms with Crippen LogP contribution in [-0.4, -0.2) is 27.3 Å². The molecule has 2 unspecified atom stereocenters. The Bertz CT molecular complexity index is 476. The lowest BCUT2D eigenvalue weighted by Crippen LogP contribution is -2.60. The molecule has 0 aromatic rings. The molecule has 0 spiro atoms. The fourth-order valence-electron chi connectivity index (χ4n) is 2.20. The number of rotatable bonds is 5. The third-order valence-electron chi connectivity index (χ3n) is 3.20. The molecule has 0 bridgehead atoms. The van der Waals surface area contributed by atoms with E-state index >= 15 is 0 Å². The van der Waals surface area contributed by atoms with Crippen LogP contribution in [0.5, 0.6) is 0 Å². The average Bonchev–Trinajstić information content (AvgIpc) is 2.30. The van der Waals surface area contributed by atoms with Gasteiger partial charge in [0, 0.05) is 16.9 Å². The van der Waals surface area contributed by atoms with Crippen molar-refractivity contribution in [2.45, 2.75) is 31.3 Å². The molecule has 1 aliphatic rings. The zero-order chi connectivity index (χ0) is 14.8. The highest BCUT2D eigenvalue weighted by Crippen LogP contribution is 2.34. The SMILES string of the molecule is CC1=C(N)C([N+](=O)[O-])C(N)(CCCCl)C([N+](=O)[O-])=C1. The predicted molar refractivity (Wildman–Crippen MR) is 69.6 cm³/mol. The smallest absolute Gasteiger partial charge is 0.280 e. The summed E-state index contributed by atoms with van der Waals surface area (Å²) in [5, 5.41) is 22.3. The summed E-state index contributed by atoms with van der Waals surface area (Å²) in [6, 6.07) is -1.51. The second kappa shape index (κ2) is 5.54. The molecule has 0 fully saturated rings. The van der Waals surface area contributed by atoms with Crippen molar-refractivity contribution in [2.75, 3.05) is 5.88 Å². The summed E-state index contributed by atoms with van der Waals surface area (Å²) in [6.07, 6.45) is 1.53. The van der Waals surface area contributed by atoms with E-state index in [-0.39, 0.29) is 18.0 Å². The molecule has 19 heavy (non-hydrogen) atoms. The van der Waals surface area contributed by atoms with Crippen LogP contribution in [0.3, 0.4) is 0 Å². The quantitative estimate of drug-likeness (QED) is 0.435. The molecule has 106 valence electrons. The van der Waals surface area contributed by atoms with Crippen molar-refractivity contribution in [3.63, 3.8) is 0 Å². The van der Waals surface area contributed by atoms with Gasteiger partial charge >= 0.3 is 0 Å². The average molecular weight is 291 g/mol. The van der Waals surface area contributed by atoms with Crippen LogP contribution >= 0.6 is 11.6 Å². The van der Waals surface area contributed by atoms with Crippen molar-refractivity contribution in [1.29, 1.82) is 0 Å². The number of nitrogens with two attached hydrogens (primary N) is 2. The number of hydrogen-bond donors (Lipinski definition) is 2. The normalized spacial score (nSPS) is 27.1. The Morgan fingerprint density at radius 1 is 1.47 bits per heavy atom. The minimum absolute atomic E-state index is 0.0168. The van der Waals surface area contributed by atoms with E-state index in [4.69, 9.17) is 23.1 Å². The van der Waals surface area contributed by atoms with Crippen LogP contribution in [0.1, 0.15) is 19.8 Å². The van der Waals surface area contributed by atoms with Gasteiger partial charge in [-0.2, -0.15) is 0 Å². The van der Waals surface area contributed by atoms with E-state index < -0.39 is 27.1 Å². The topological polar surface area (TPSA) is 138 Å². The lowest BCUT2D eigenvalue weighted by molar-refractivity contribution is -0.534. The summed E-state index contributed by atoms with van der Waals surface area (Å²) in [4.78, 5) is 20.9. The monoisotopic (exact) mass is 290 g/mol. The highest BCUT2D eigenvalue weighted by Gasteiger charge is 2.56. The number of nitro groups is 2. The van der Waals surface area contributed by atoms with E-state index in [1.807, 2.05) is 0 Å². The van der Waals surface area contributed by atoms with Gasteiger partial charge < -0.3 is 11.5 Å². The standard InChI is InChI=1S/C10H15ClN4O4/c1-6-5-7(14(16)17)10(13,3-2-4-11)9(8(6)12)15(18)19/h5,9H,2-4,12-13H2,1H3. The van der Waals surface area contributed by atoms with E-state index in [0.717, 1.165) is 0 Å². The van der Waals surface area contributed by atoms with Gasteiger partial charge in [-0.1, -0.05) is 0 Å². The molecule has 1 aliphatic carbocycles. The lowest BCUT2D eigenvalue weighted by atomic mass is 9.77. The zero-order valence-electron chi connectivity index (χ0n) is 10.3.